The lowest BCUT2D eigenvalue weighted by atomic mass is 9.89. The molecule has 3 heterocycles. The van der Waals surface area contributed by atoms with E-state index in [0.717, 1.165) is 12.8 Å². The molecule has 2 bridgehead atoms. The predicted molar refractivity (Wildman–Crippen MR) is 73.0 cm³/mol. The van der Waals surface area contributed by atoms with E-state index in [-0.39, 0.29) is 11.9 Å². The van der Waals surface area contributed by atoms with Crippen LogP contribution in [-0.4, -0.2) is 28.0 Å². The van der Waals surface area contributed by atoms with Crippen molar-refractivity contribution in [1.29, 1.82) is 0 Å². The molecular weight excluding hydrogens is 264 g/mol. The summed E-state index contributed by atoms with van der Waals surface area (Å²) in [6.45, 7) is 0. The smallest absolute Gasteiger partial charge is 0.230 e. The Morgan fingerprint density at radius 3 is 2.84 bits per heavy atom. The van der Waals surface area contributed by atoms with Gasteiger partial charge in [-0.15, -0.1) is 0 Å². The topological polar surface area (TPSA) is 66.9 Å². The van der Waals surface area contributed by atoms with Gasteiger partial charge < -0.3 is 5.32 Å². The van der Waals surface area contributed by atoms with E-state index in [0.29, 0.717) is 29.6 Å². The molecule has 1 aromatic heterocycles. The van der Waals surface area contributed by atoms with Crippen LogP contribution in [0.15, 0.2) is 12.3 Å². The van der Waals surface area contributed by atoms with Gasteiger partial charge in [-0.2, -0.15) is 0 Å². The molecule has 1 aromatic rings. The molecule has 19 heavy (non-hydrogen) atoms. The highest BCUT2D eigenvalue weighted by atomic mass is 35.5. The summed E-state index contributed by atoms with van der Waals surface area (Å²) in [6.07, 6.45) is 6.78. The van der Waals surface area contributed by atoms with Gasteiger partial charge in [0.05, 0.1) is 0 Å². The third-order valence-electron chi connectivity index (χ3n) is 3.92. The number of fused-ring (bicyclic) bond motifs is 2. The molecule has 1 amide bonds. The third-order valence-corrected chi connectivity index (χ3v) is 4.13. The van der Waals surface area contributed by atoms with Crippen molar-refractivity contribution in [1.82, 2.24) is 15.3 Å². The van der Waals surface area contributed by atoms with Gasteiger partial charge >= 0.3 is 0 Å². The maximum Gasteiger partial charge on any atom is 0.230 e. The lowest BCUT2D eigenvalue weighted by molar-refractivity contribution is -0.117. The minimum atomic E-state index is -0.0198. The van der Waals surface area contributed by atoms with Crippen molar-refractivity contribution in [2.75, 3.05) is 5.32 Å². The largest absolute Gasteiger partial charge is 0.311 e. The second kappa shape index (κ2) is 5.43. The van der Waals surface area contributed by atoms with Gasteiger partial charge in [0, 0.05) is 24.7 Å². The molecule has 2 fully saturated rings. The van der Waals surface area contributed by atoms with Crippen molar-refractivity contribution in [3.8, 4) is 0 Å². The van der Waals surface area contributed by atoms with E-state index in [2.05, 4.69) is 20.6 Å². The van der Waals surface area contributed by atoms with Crippen LogP contribution in [0.4, 0.5) is 5.95 Å². The fraction of sp³-hybridized carbons (Fsp3) is 0.615. The number of halogens is 1. The van der Waals surface area contributed by atoms with Crippen LogP contribution in [0.2, 0.25) is 5.15 Å². The van der Waals surface area contributed by atoms with Crippen LogP contribution in [0.25, 0.3) is 0 Å². The van der Waals surface area contributed by atoms with E-state index in [1.165, 1.54) is 19.0 Å². The number of carbonyl (C=O) groups is 1. The Morgan fingerprint density at radius 1 is 1.42 bits per heavy atom. The van der Waals surface area contributed by atoms with Crippen LogP contribution < -0.4 is 10.6 Å². The van der Waals surface area contributed by atoms with Crippen LogP contribution in [0.3, 0.4) is 0 Å². The van der Waals surface area contributed by atoms with E-state index >= 15 is 0 Å². The Labute approximate surface area is 117 Å². The molecule has 2 saturated heterocycles. The van der Waals surface area contributed by atoms with Crippen molar-refractivity contribution in [3.05, 3.63) is 17.4 Å². The number of amides is 1. The van der Waals surface area contributed by atoms with Gasteiger partial charge in [-0.25, -0.2) is 9.97 Å². The fourth-order valence-corrected chi connectivity index (χ4v) is 3.31. The first-order valence-corrected chi connectivity index (χ1v) is 7.11. The summed E-state index contributed by atoms with van der Waals surface area (Å²) >= 11 is 5.76. The molecule has 6 heteroatoms. The molecule has 5 nitrogen and oxygen atoms in total. The standard InChI is InChI=1S/C13H17ClN4O/c14-11-3-4-15-13(17-11)18-12(19)7-8-5-9-1-2-10(6-8)16-9/h3-4,8-10,16H,1-2,5-7H2,(H,15,17,18,19). The van der Waals surface area contributed by atoms with Crippen molar-refractivity contribution in [3.63, 3.8) is 0 Å². The summed E-state index contributed by atoms with van der Waals surface area (Å²) in [7, 11) is 0. The van der Waals surface area contributed by atoms with E-state index in [9.17, 15) is 4.79 Å². The third kappa shape index (κ3) is 3.22. The number of aromatic nitrogens is 2. The molecule has 0 saturated carbocycles. The molecule has 0 aromatic carbocycles. The normalized spacial score (nSPS) is 29.2. The molecule has 2 unspecified atom stereocenters. The zero-order valence-electron chi connectivity index (χ0n) is 10.6. The van der Waals surface area contributed by atoms with Crippen LogP contribution in [0.1, 0.15) is 32.1 Å². The fourth-order valence-electron chi connectivity index (χ4n) is 3.18. The predicted octanol–water partition coefficient (Wildman–Crippen LogP) is 1.99. The Bertz CT molecular complexity index is 469. The second-order valence-corrected chi connectivity index (χ2v) is 5.82. The maximum atomic E-state index is 12.0. The first-order chi connectivity index (χ1) is 9.19. The highest BCUT2D eigenvalue weighted by Crippen LogP contribution is 2.32. The monoisotopic (exact) mass is 280 g/mol. The van der Waals surface area contributed by atoms with Crippen LogP contribution >= 0.6 is 11.6 Å². The zero-order valence-corrected chi connectivity index (χ0v) is 11.4. The summed E-state index contributed by atoms with van der Waals surface area (Å²) in [4.78, 5) is 19.9. The highest BCUT2D eigenvalue weighted by molar-refractivity contribution is 6.29. The van der Waals surface area contributed by atoms with Crippen LogP contribution in [-0.2, 0) is 4.79 Å². The average Bonchev–Trinajstić information content (AvgIpc) is 2.68. The second-order valence-electron chi connectivity index (χ2n) is 5.43. The average molecular weight is 281 g/mol. The number of hydrogen-bond donors (Lipinski definition) is 2. The summed E-state index contributed by atoms with van der Waals surface area (Å²) in [5, 5.41) is 6.63. The molecule has 0 radical (unpaired) electrons. The first-order valence-electron chi connectivity index (χ1n) is 6.73. The lowest BCUT2D eigenvalue weighted by Crippen LogP contribution is -2.39. The molecule has 0 aliphatic carbocycles. The lowest BCUT2D eigenvalue weighted by Gasteiger charge is -2.28. The number of hydrogen-bond acceptors (Lipinski definition) is 4. The quantitative estimate of drug-likeness (QED) is 0.831. The van der Waals surface area contributed by atoms with Crippen molar-refractivity contribution >= 4 is 23.5 Å². The molecule has 3 rings (SSSR count). The number of anilines is 1. The van der Waals surface area contributed by atoms with Crippen molar-refractivity contribution < 1.29 is 4.79 Å². The molecule has 2 atom stereocenters. The molecule has 0 spiro atoms. The minimum Gasteiger partial charge on any atom is -0.311 e. The van der Waals surface area contributed by atoms with Crippen LogP contribution in [0, 0.1) is 5.92 Å². The van der Waals surface area contributed by atoms with E-state index in [4.69, 9.17) is 11.6 Å². The van der Waals surface area contributed by atoms with E-state index in [1.54, 1.807) is 6.07 Å². The Morgan fingerprint density at radius 2 is 2.16 bits per heavy atom. The van der Waals surface area contributed by atoms with Crippen molar-refractivity contribution in [2.24, 2.45) is 5.92 Å². The highest BCUT2D eigenvalue weighted by Gasteiger charge is 2.34. The van der Waals surface area contributed by atoms with Crippen molar-refractivity contribution in [2.45, 2.75) is 44.2 Å². The Kier molecular flexibility index (Phi) is 3.66. The maximum absolute atomic E-state index is 12.0. The molecular formula is C13H17ClN4O. The summed E-state index contributed by atoms with van der Waals surface area (Å²) < 4.78 is 0. The number of piperidine rings is 1. The Hall–Kier alpha value is -1.20. The van der Waals surface area contributed by atoms with Gasteiger partial charge in [-0.05, 0) is 37.7 Å². The van der Waals surface area contributed by atoms with Gasteiger partial charge in [-0.3, -0.25) is 10.1 Å². The summed E-state index contributed by atoms with van der Waals surface area (Å²) in [5.74, 6) is 0.737. The first kappa shape index (κ1) is 12.8. The Balaban J connectivity index is 1.54. The van der Waals surface area contributed by atoms with Gasteiger partial charge in [0.15, 0.2) is 0 Å². The number of nitrogens with zero attached hydrogens (tertiary/aromatic N) is 2. The van der Waals surface area contributed by atoms with E-state index in [1.807, 2.05) is 0 Å². The van der Waals surface area contributed by atoms with E-state index < -0.39 is 0 Å². The van der Waals surface area contributed by atoms with Gasteiger partial charge in [0.25, 0.3) is 0 Å². The summed E-state index contributed by atoms with van der Waals surface area (Å²) in [5.41, 5.74) is 0. The number of rotatable bonds is 3. The number of carbonyl (C=O) groups excluding carboxylic acids is 1. The SMILES string of the molecule is O=C(CC1CC2CCC(C1)N2)Nc1nccc(Cl)n1. The zero-order chi connectivity index (χ0) is 13.2. The molecule has 102 valence electrons. The molecule has 2 N–H and O–H groups in total. The van der Waals surface area contributed by atoms with Crippen LogP contribution in [0.5, 0.6) is 0 Å². The minimum absolute atomic E-state index is 0.0198. The summed E-state index contributed by atoms with van der Waals surface area (Å²) in [6, 6.07) is 2.81. The molecule has 2 aliphatic heterocycles. The van der Waals surface area contributed by atoms with Gasteiger partial charge in [0.2, 0.25) is 11.9 Å². The van der Waals surface area contributed by atoms with Gasteiger partial charge in [-0.1, -0.05) is 11.6 Å². The van der Waals surface area contributed by atoms with Gasteiger partial charge in [0.1, 0.15) is 5.15 Å². The molecule has 2 aliphatic rings. The number of nitrogens with one attached hydrogen (secondary N) is 2.